The number of aliphatic carboxylic acids is 1. The van der Waals surface area contributed by atoms with Crippen molar-refractivity contribution >= 4 is 5.97 Å². The first-order valence-electron chi connectivity index (χ1n) is 4.58. The molecule has 0 atom stereocenters. The number of hydrogen-bond donors (Lipinski definition) is 2. The molecule has 0 aliphatic carbocycles. The molecule has 0 saturated carbocycles. The Morgan fingerprint density at radius 1 is 1.71 bits per heavy atom. The van der Waals surface area contributed by atoms with Crippen LogP contribution in [0.15, 0.2) is 6.20 Å². The third-order valence-corrected chi connectivity index (χ3v) is 2.14. The van der Waals surface area contributed by atoms with E-state index in [0.29, 0.717) is 6.54 Å². The molecule has 0 saturated heterocycles. The van der Waals surface area contributed by atoms with Crippen molar-refractivity contribution in [2.24, 2.45) is 5.73 Å². The number of rotatable bonds is 5. The lowest BCUT2D eigenvalue weighted by Gasteiger charge is -2.01. The van der Waals surface area contributed by atoms with Gasteiger partial charge in [-0.05, 0) is 31.9 Å². The van der Waals surface area contributed by atoms with Crippen molar-refractivity contribution in [1.82, 2.24) is 9.78 Å². The number of nitrogens with zero attached hydrogens (tertiary/aromatic N) is 2. The molecule has 5 nitrogen and oxygen atoms in total. The number of carboxylic acid groups (broad SMARTS) is 1. The van der Waals surface area contributed by atoms with E-state index in [0.717, 1.165) is 24.1 Å². The average molecular weight is 197 g/mol. The highest BCUT2D eigenvalue weighted by Gasteiger charge is 2.07. The molecule has 3 N–H and O–H groups in total. The Labute approximate surface area is 82.5 Å². The van der Waals surface area contributed by atoms with E-state index in [4.69, 9.17) is 10.8 Å². The van der Waals surface area contributed by atoms with Crippen molar-refractivity contribution in [3.05, 3.63) is 17.5 Å². The monoisotopic (exact) mass is 197 g/mol. The Hall–Kier alpha value is -1.36. The van der Waals surface area contributed by atoms with Crippen LogP contribution in [0.5, 0.6) is 0 Å². The lowest BCUT2D eigenvalue weighted by molar-refractivity contribution is -0.137. The fourth-order valence-electron chi connectivity index (χ4n) is 1.31. The zero-order valence-corrected chi connectivity index (χ0v) is 8.23. The normalized spacial score (nSPS) is 10.4. The van der Waals surface area contributed by atoms with Crippen LogP contribution >= 0.6 is 0 Å². The average Bonchev–Trinajstić information content (AvgIpc) is 2.45. The Morgan fingerprint density at radius 3 is 3.00 bits per heavy atom. The Morgan fingerprint density at radius 2 is 2.43 bits per heavy atom. The summed E-state index contributed by atoms with van der Waals surface area (Å²) in [6.07, 6.45) is 3.48. The molecule has 1 aromatic rings. The molecule has 14 heavy (non-hydrogen) atoms. The summed E-state index contributed by atoms with van der Waals surface area (Å²) in [6, 6.07) is 0. The first-order valence-corrected chi connectivity index (χ1v) is 4.58. The van der Waals surface area contributed by atoms with Gasteiger partial charge in [0.25, 0.3) is 0 Å². The van der Waals surface area contributed by atoms with Crippen LogP contribution in [0.3, 0.4) is 0 Å². The molecular weight excluding hydrogens is 182 g/mol. The highest BCUT2D eigenvalue weighted by atomic mass is 16.4. The number of aromatic nitrogens is 2. The summed E-state index contributed by atoms with van der Waals surface area (Å²) in [5.41, 5.74) is 7.39. The van der Waals surface area contributed by atoms with Gasteiger partial charge in [0.2, 0.25) is 0 Å². The van der Waals surface area contributed by atoms with E-state index in [9.17, 15) is 4.79 Å². The summed E-state index contributed by atoms with van der Waals surface area (Å²) in [5, 5.41) is 12.6. The van der Waals surface area contributed by atoms with Gasteiger partial charge in [-0.1, -0.05) is 0 Å². The predicted octanol–water partition coefficient (Wildman–Crippen LogP) is 0.167. The molecule has 5 heteroatoms. The summed E-state index contributed by atoms with van der Waals surface area (Å²) in [7, 11) is 0. The number of carbonyl (C=O) groups is 1. The fraction of sp³-hybridized carbons (Fsp3) is 0.556. The minimum Gasteiger partial charge on any atom is -0.480 e. The van der Waals surface area contributed by atoms with Gasteiger partial charge in [-0.15, -0.1) is 0 Å². The Kier molecular flexibility index (Phi) is 3.64. The number of aryl methyl sites for hydroxylation is 1. The third kappa shape index (κ3) is 2.56. The molecular formula is C9H15N3O2. The number of nitrogens with two attached hydrogens (primary N) is 1. The third-order valence-electron chi connectivity index (χ3n) is 2.14. The van der Waals surface area contributed by atoms with E-state index in [1.54, 1.807) is 6.20 Å². The molecule has 0 bridgehead atoms. The van der Waals surface area contributed by atoms with Crippen LogP contribution in [-0.4, -0.2) is 27.4 Å². The topological polar surface area (TPSA) is 81.1 Å². The van der Waals surface area contributed by atoms with Gasteiger partial charge >= 0.3 is 5.97 Å². The van der Waals surface area contributed by atoms with Crippen LogP contribution in [0, 0.1) is 6.92 Å². The maximum absolute atomic E-state index is 10.5. The van der Waals surface area contributed by atoms with Gasteiger partial charge in [-0.2, -0.15) is 5.10 Å². The molecule has 0 aliphatic rings. The fourth-order valence-corrected chi connectivity index (χ4v) is 1.31. The highest BCUT2D eigenvalue weighted by Crippen LogP contribution is 2.09. The molecule has 1 heterocycles. The number of carboxylic acids is 1. The van der Waals surface area contributed by atoms with Gasteiger partial charge in [-0.25, -0.2) is 0 Å². The van der Waals surface area contributed by atoms with Gasteiger partial charge < -0.3 is 10.8 Å². The second kappa shape index (κ2) is 4.76. The summed E-state index contributed by atoms with van der Waals surface area (Å²) < 4.78 is 1.49. The molecule has 0 spiro atoms. The van der Waals surface area contributed by atoms with Crippen molar-refractivity contribution in [2.45, 2.75) is 26.3 Å². The minimum absolute atomic E-state index is 0.0749. The molecule has 0 fully saturated rings. The molecule has 1 rings (SSSR count). The van der Waals surface area contributed by atoms with Crippen molar-refractivity contribution in [3.63, 3.8) is 0 Å². The Balaban J connectivity index is 2.69. The van der Waals surface area contributed by atoms with Gasteiger partial charge in [-0.3, -0.25) is 9.48 Å². The lowest BCUT2D eigenvalue weighted by atomic mass is 10.1. The van der Waals surface area contributed by atoms with Gasteiger partial charge in [0.15, 0.2) is 0 Å². The predicted molar refractivity (Wildman–Crippen MR) is 52.0 cm³/mol. The standard InChI is InChI=1S/C9H15N3O2/c1-7-8(3-2-4-10)5-11-12(7)6-9(13)14/h5H,2-4,6,10H2,1H3,(H,13,14). The maximum atomic E-state index is 10.5. The van der Waals surface area contributed by atoms with Crippen LogP contribution in [-0.2, 0) is 17.8 Å². The quantitative estimate of drug-likeness (QED) is 0.705. The smallest absolute Gasteiger partial charge is 0.325 e. The Bertz CT molecular complexity index is 320. The van der Waals surface area contributed by atoms with E-state index >= 15 is 0 Å². The maximum Gasteiger partial charge on any atom is 0.325 e. The van der Waals surface area contributed by atoms with Crippen LogP contribution in [0.25, 0.3) is 0 Å². The molecule has 0 aliphatic heterocycles. The molecule has 1 aromatic heterocycles. The first-order chi connectivity index (χ1) is 6.65. The van der Waals surface area contributed by atoms with Crippen molar-refractivity contribution in [2.75, 3.05) is 6.54 Å². The van der Waals surface area contributed by atoms with E-state index in [-0.39, 0.29) is 6.54 Å². The zero-order chi connectivity index (χ0) is 10.6. The van der Waals surface area contributed by atoms with Crippen molar-refractivity contribution in [1.29, 1.82) is 0 Å². The van der Waals surface area contributed by atoms with E-state index in [2.05, 4.69) is 5.10 Å². The molecule has 0 amide bonds. The molecule has 0 radical (unpaired) electrons. The molecule has 78 valence electrons. The van der Waals surface area contributed by atoms with Gasteiger partial charge in [0.05, 0.1) is 6.20 Å². The second-order valence-electron chi connectivity index (χ2n) is 3.20. The van der Waals surface area contributed by atoms with E-state index < -0.39 is 5.97 Å². The van der Waals surface area contributed by atoms with Gasteiger partial charge in [0, 0.05) is 5.69 Å². The van der Waals surface area contributed by atoms with Crippen LogP contribution in [0.4, 0.5) is 0 Å². The summed E-state index contributed by atoms with van der Waals surface area (Å²) in [5.74, 6) is -0.874. The first kappa shape index (κ1) is 10.7. The second-order valence-corrected chi connectivity index (χ2v) is 3.20. The van der Waals surface area contributed by atoms with Crippen LogP contribution in [0.1, 0.15) is 17.7 Å². The van der Waals surface area contributed by atoms with Crippen LogP contribution in [0.2, 0.25) is 0 Å². The van der Waals surface area contributed by atoms with Crippen LogP contribution < -0.4 is 5.73 Å². The van der Waals surface area contributed by atoms with E-state index in [1.165, 1.54) is 4.68 Å². The summed E-state index contributed by atoms with van der Waals surface area (Å²) in [4.78, 5) is 10.5. The highest BCUT2D eigenvalue weighted by molar-refractivity contribution is 5.66. The van der Waals surface area contributed by atoms with Crippen molar-refractivity contribution in [3.8, 4) is 0 Å². The van der Waals surface area contributed by atoms with Crippen molar-refractivity contribution < 1.29 is 9.90 Å². The zero-order valence-electron chi connectivity index (χ0n) is 8.23. The largest absolute Gasteiger partial charge is 0.480 e. The van der Waals surface area contributed by atoms with E-state index in [1.807, 2.05) is 6.92 Å². The summed E-state index contributed by atoms with van der Waals surface area (Å²) >= 11 is 0. The SMILES string of the molecule is Cc1c(CCCN)cnn1CC(=O)O. The number of hydrogen-bond acceptors (Lipinski definition) is 3. The lowest BCUT2D eigenvalue weighted by Crippen LogP contribution is -2.11. The molecule has 0 aromatic carbocycles. The summed E-state index contributed by atoms with van der Waals surface area (Å²) in [6.45, 7) is 2.44. The van der Waals surface area contributed by atoms with Gasteiger partial charge in [0.1, 0.15) is 6.54 Å². The molecule has 0 unspecified atom stereocenters. The minimum atomic E-state index is -0.874.